The van der Waals surface area contributed by atoms with Crippen LogP contribution < -0.4 is 40.7 Å². The number of esters is 1. The van der Waals surface area contributed by atoms with Gasteiger partial charge >= 0.3 is 10.8 Å². The number of thiazole rings is 1. The van der Waals surface area contributed by atoms with Crippen molar-refractivity contribution in [2.24, 2.45) is 9.98 Å². The topological polar surface area (TPSA) is 346 Å². The summed E-state index contributed by atoms with van der Waals surface area (Å²) in [5.41, 5.74) is 12.5. The molecule has 7 heterocycles. The van der Waals surface area contributed by atoms with Gasteiger partial charge in [0.2, 0.25) is 5.69 Å². The van der Waals surface area contributed by atoms with Gasteiger partial charge in [0, 0.05) is 111 Å². The van der Waals surface area contributed by atoms with Crippen LogP contribution in [0.15, 0.2) is 286 Å². The smallest absolute Gasteiger partial charge is 0.331 e. The first-order valence-corrected chi connectivity index (χ1v) is 44.3. The number of aryl methyl sites for hydroxylation is 3. The standard InChI is InChI=1S/C20H22N2O2.C17H15NO3S.C13H16Cl2N3O2.C13H12N2OS.C12H7Br3N2O.C11H9NO2.C9H6N2O3S/c1-20(2,3)16-10-11-19(23)18(14-16)21-12-6-8-15-7-5-9-17(13-15)22(4)24;1-11-7-8-13(9-12(11)2)21-16(19)10-18-14-5-3-4-6-15(14)22-17(18)20;1-16(20)10-2-4-11(5-3-10)17-6-8-18(9-7-17)13(19)12(14)15;1-9(7-10-5-3-2-4-6-10)8-11-12(16)15-13(17)14-11;13-8-1-2-11(17-6-8)16-5-7-3-9(14)4-10(15)12(7)18;1-8-2-4-9(5-3-8)12-10(13)6-7-11(12)14;12-7-6(4-5-2-1-3-14-5)8(13)11-9(15)10-7/h5-14,23H,4H2,1-3H3;3-9H,10H2,1-2H3;2-5,12H,6-9H2,1H3;2-8H,1H3,(H2,14,15,16,17);1-6,18H;2-7H,1H3;1-4H,(H2,10,11,12,13,15)/q;;+1;;;;/b8-6+,21-12?;;;9-7+,11-8+;;;. The molecule has 3 saturated heterocycles. The van der Waals surface area contributed by atoms with Gasteiger partial charge in [0.05, 0.1) is 26.6 Å². The van der Waals surface area contributed by atoms with Crippen LogP contribution in [0.1, 0.15) is 72.4 Å². The number of phenols is 2. The highest BCUT2D eigenvalue weighted by Gasteiger charge is 2.29. The first-order valence-electron chi connectivity index (χ1n) is 39.4. The van der Waals surface area contributed by atoms with Gasteiger partial charge < -0.3 is 39.7 Å². The van der Waals surface area contributed by atoms with Crippen molar-refractivity contribution in [3.05, 3.63) is 332 Å². The average molecular weight is 2040 g/mol. The number of imide groups is 1. The van der Waals surface area contributed by atoms with E-state index in [-0.39, 0.29) is 62.6 Å². The fourth-order valence-electron chi connectivity index (χ4n) is 11.9. The number of carbonyl (C=O) groups excluding carboxylic acids is 7. The summed E-state index contributed by atoms with van der Waals surface area (Å²) < 4.78 is 16.4. The lowest BCUT2D eigenvalue weighted by molar-refractivity contribution is -0.428. The number of carbonyl (C=O) groups is 7. The Morgan fingerprint density at radius 2 is 1.35 bits per heavy atom. The Balaban J connectivity index is 0.000000172. The fraction of sp³-hybridized carbons (Fsp3) is 0.158. The van der Waals surface area contributed by atoms with Gasteiger partial charge in [0.25, 0.3) is 41.1 Å². The number of alkyl halides is 2. The molecule has 4 aliphatic heterocycles. The Bertz CT molecular complexity index is 6290. The number of ether oxygens (including phenoxy) is 1. The molecule has 27 nitrogen and oxygen atoms in total. The molecule has 668 valence electrons. The number of furan rings is 1. The van der Waals surface area contributed by atoms with Crippen LogP contribution in [0.2, 0.25) is 0 Å². The number of hydrogen-bond donors (Lipinski definition) is 6. The fourth-order valence-corrected chi connectivity index (χ4v) is 14.9. The van der Waals surface area contributed by atoms with E-state index in [1.807, 2.05) is 155 Å². The molecule has 8 aromatic carbocycles. The molecule has 6 N–H and O–H groups in total. The van der Waals surface area contributed by atoms with E-state index in [0.717, 1.165) is 97.9 Å². The van der Waals surface area contributed by atoms with E-state index < -0.39 is 22.6 Å². The molecule has 3 fully saturated rings. The Kier molecular flexibility index (Phi) is 37.4. The number of para-hydroxylation sites is 1. The van der Waals surface area contributed by atoms with Crippen molar-refractivity contribution in [1.82, 2.24) is 35.7 Å². The molecular formula is C95H87Br3Cl2N13O14S3+. The predicted molar refractivity (Wildman–Crippen MR) is 532 cm³/mol. The molecule has 0 atom stereocenters. The number of thiocarbonyl (C=S) groups is 2. The first kappa shape index (κ1) is 101. The zero-order valence-electron chi connectivity index (χ0n) is 71.2. The summed E-state index contributed by atoms with van der Waals surface area (Å²) in [6.07, 6.45) is 17.6. The summed E-state index contributed by atoms with van der Waals surface area (Å²) in [6, 6.07) is 60.5. The third-order valence-electron chi connectivity index (χ3n) is 18.8. The van der Waals surface area contributed by atoms with Gasteiger partial charge in [0.1, 0.15) is 53.2 Å². The number of rotatable bonds is 16. The van der Waals surface area contributed by atoms with E-state index in [9.17, 15) is 58.7 Å². The minimum Gasteiger partial charge on any atom is -0.619 e. The number of nitroso groups, excluding NO2 is 1. The number of phenolic OH excluding ortho intramolecular Hbond substituents is 2. The number of pyridine rings is 1. The molecule has 0 spiro atoms. The zero-order valence-corrected chi connectivity index (χ0v) is 79.9. The maximum Gasteiger partial charge on any atom is 0.331 e. The number of amides is 6. The van der Waals surface area contributed by atoms with E-state index in [1.54, 1.807) is 121 Å². The molecule has 3 aromatic heterocycles. The number of halogens is 5. The van der Waals surface area contributed by atoms with Gasteiger partial charge in [-0.1, -0.05) is 168 Å². The summed E-state index contributed by atoms with van der Waals surface area (Å²) in [7, 11) is 1.47. The number of allylic oxidation sites excluding steroid dienone is 3. The van der Waals surface area contributed by atoms with Crippen LogP contribution in [0.4, 0.5) is 34.3 Å². The molecular weight excluding hydrogens is 1950 g/mol. The van der Waals surface area contributed by atoms with Crippen molar-refractivity contribution in [2.45, 2.75) is 65.3 Å². The van der Waals surface area contributed by atoms with Crippen LogP contribution in [0, 0.1) is 30.9 Å². The third kappa shape index (κ3) is 30.8. The lowest BCUT2D eigenvalue weighted by Gasteiger charge is -2.36. The number of nitrogens with one attached hydrogen (secondary N) is 4. The molecule has 15 rings (SSSR count). The molecule has 6 amide bonds. The molecule has 130 heavy (non-hydrogen) atoms. The quantitative estimate of drug-likeness (QED) is 0.00447. The molecule has 0 saturated carbocycles. The second kappa shape index (κ2) is 48.3. The Morgan fingerprint density at radius 3 is 1.96 bits per heavy atom. The minimum absolute atomic E-state index is 0.00730. The predicted octanol–water partition coefficient (Wildman–Crippen LogP) is 18.8. The molecule has 0 aliphatic carbocycles. The number of benzene rings is 8. The number of nitrogens with zero attached hydrogens (tertiary/aromatic N) is 9. The Hall–Kier alpha value is -13.1. The highest BCUT2D eigenvalue weighted by molar-refractivity contribution is 9.11. The van der Waals surface area contributed by atoms with Gasteiger partial charge in [-0.25, -0.2) is 19.7 Å². The summed E-state index contributed by atoms with van der Waals surface area (Å²) in [5, 5.41) is 41.3. The molecule has 0 radical (unpaired) electrons. The van der Waals surface area contributed by atoms with Gasteiger partial charge in [-0.2, -0.15) is 4.74 Å². The van der Waals surface area contributed by atoms with E-state index in [1.165, 1.54) is 36.1 Å². The number of hydrogen-bond acceptors (Lipinski definition) is 21. The number of anilines is 2. The number of aliphatic imine (C=N–C) groups is 2. The monoisotopic (exact) mass is 2040 g/mol. The number of fused-ring (bicyclic) bond motifs is 1. The lowest BCUT2D eigenvalue weighted by Crippen LogP contribution is -2.51. The van der Waals surface area contributed by atoms with Crippen molar-refractivity contribution in [1.29, 1.82) is 0 Å². The van der Waals surface area contributed by atoms with E-state index in [2.05, 4.69) is 129 Å². The Labute approximate surface area is 799 Å². The van der Waals surface area contributed by atoms with E-state index >= 15 is 0 Å². The Morgan fingerprint density at radius 1 is 0.708 bits per heavy atom. The van der Waals surface area contributed by atoms with Crippen molar-refractivity contribution in [3.63, 3.8) is 0 Å². The molecule has 4 aliphatic rings. The normalized spacial score (nSPS) is 13.9. The van der Waals surface area contributed by atoms with Crippen LogP contribution in [0.5, 0.6) is 17.2 Å². The van der Waals surface area contributed by atoms with Gasteiger partial charge in [0.15, 0.2) is 27.9 Å². The number of aromatic nitrogens is 2. The largest absolute Gasteiger partial charge is 0.619 e. The molecule has 11 aromatic rings. The van der Waals surface area contributed by atoms with Crippen molar-refractivity contribution >= 4 is 240 Å². The lowest BCUT2D eigenvalue weighted by atomic mass is 9.87. The summed E-state index contributed by atoms with van der Waals surface area (Å²) in [4.78, 5) is 120. The van der Waals surface area contributed by atoms with Crippen molar-refractivity contribution in [3.8, 4) is 17.2 Å². The van der Waals surface area contributed by atoms with Crippen LogP contribution in [-0.4, -0.2) is 143 Å². The third-order valence-corrected chi connectivity index (χ3v) is 22.1. The SMILES string of the molecule is C=[N+]([O-])c1cccc(/C=C/C=Nc2cc(C(C)(C)C)ccc2O)c1.CC(=C\c1ccccc1)/C=C1/NC(=S)NC1=O.C[N+](=O)c1ccc(N2CCN(C(=O)C(Cl)Cl)CC2)cc1.Cc1ccc(N2C(=O)C=CC2=O)cc1.Cc1ccc(OC(=O)Cn2c(=O)sc3ccccc32)cc1C.O=C1NC(=S)NC(=O)C1=Cc1ccco1.Oc1c(Br)cc(Br)cc1C=Nc1ccc(Br)cn1. The highest BCUT2D eigenvalue weighted by Crippen LogP contribution is 2.34. The summed E-state index contributed by atoms with van der Waals surface area (Å²) >= 11 is 31.7. The first-order chi connectivity index (χ1) is 61.9. The van der Waals surface area contributed by atoms with Gasteiger partial charge in [-0.3, -0.25) is 59.1 Å². The second-order valence-electron chi connectivity index (χ2n) is 29.5. The second-order valence-corrected chi connectivity index (χ2v) is 35.1. The molecule has 0 unspecified atom stereocenters. The van der Waals surface area contributed by atoms with Gasteiger partial charge in [-0.05, 0) is 238 Å². The minimum atomic E-state index is -0.992. The maximum absolute atomic E-state index is 12.1. The average Bonchev–Trinajstić information content (AvgIpc) is 1.63. The van der Waals surface area contributed by atoms with Crippen LogP contribution in [0.3, 0.4) is 0 Å². The van der Waals surface area contributed by atoms with Crippen molar-refractivity contribution < 1.29 is 62.4 Å². The van der Waals surface area contributed by atoms with Crippen LogP contribution in [-0.2, 0) is 45.5 Å². The number of aromatic hydroxyl groups is 2. The van der Waals surface area contributed by atoms with Gasteiger partial charge in [-0.15, -0.1) is 0 Å². The highest BCUT2D eigenvalue weighted by atomic mass is 79.9. The molecule has 35 heteroatoms. The van der Waals surface area contributed by atoms with Crippen molar-refractivity contribution in [2.75, 3.05) is 43.0 Å². The van der Waals surface area contributed by atoms with Crippen LogP contribution in [0.25, 0.3) is 28.4 Å². The van der Waals surface area contributed by atoms with Crippen LogP contribution >= 0.6 is 107 Å². The van der Waals surface area contributed by atoms with E-state index in [4.69, 9.17) is 44.6 Å². The zero-order chi connectivity index (χ0) is 94.5. The summed E-state index contributed by atoms with van der Waals surface area (Å²) in [6.45, 7) is 20.1. The molecule has 0 bridgehead atoms. The summed E-state index contributed by atoms with van der Waals surface area (Å²) in [5.74, 6) is -0.677. The van der Waals surface area contributed by atoms with E-state index in [0.29, 0.717) is 78.8 Å². The maximum atomic E-state index is 12.1. The number of piperazine rings is 1.